The van der Waals surface area contributed by atoms with Gasteiger partial charge in [0, 0.05) is 44.2 Å². The molecule has 8 rings (SSSR count). The van der Waals surface area contributed by atoms with Gasteiger partial charge in [-0.15, -0.1) is 0 Å². The van der Waals surface area contributed by atoms with Crippen molar-refractivity contribution in [2.75, 3.05) is 67.2 Å². The first-order chi connectivity index (χ1) is 26.7. The maximum atomic E-state index is 12.7. The van der Waals surface area contributed by atoms with E-state index in [4.69, 9.17) is 15.0 Å². The summed E-state index contributed by atoms with van der Waals surface area (Å²) < 4.78 is 1.71. The normalized spacial score (nSPS) is 24.3. The van der Waals surface area contributed by atoms with Crippen molar-refractivity contribution in [2.24, 2.45) is 0 Å². The molecule has 4 heterocycles. The minimum Gasteiger partial charge on any atom is -0.388 e. The number of likely N-dealkylation sites (N-methyl/N-ethyl adjacent to an activating group) is 1. The van der Waals surface area contributed by atoms with Gasteiger partial charge in [-0.2, -0.15) is 9.97 Å². The number of aromatic nitrogens is 4. The van der Waals surface area contributed by atoms with E-state index in [9.17, 15) is 29.7 Å². The number of carbonyl (C=O) groups is 1. The van der Waals surface area contributed by atoms with E-state index in [0.29, 0.717) is 60.4 Å². The van der Waals surface area contributed by atoms with Crippen molar-refractivity contribution in [1.29, 1.82) is 0 Å². The summed E-state index contributed by atoms with van der Waals surface area (Å²) in [5.74, 6) is 0.225. The van der Waals surface area contributed by atoms with E-state index in [1.54, 1.807) is 10.9 Å². The number of likely N-dealkylation sites (tertiary alicyclic amines) is 1. The number of hydrogen-bond acceptors (Lipinski definition) is 14. The van der Waals surface area contributed by atoms with E-state index in [1.165, 1.54) is 0 Å². The van der Waals surface area contributed by atoms with Crippen LogP contribution < -0.4 is 37.0 Å². The molecule has 3 aliphatic rings. The van der Waals surface area contributed by atoms with Gasteiger partial charge in [0.1, 0.15) is 30.2 Å². The van der Waals surface area contributed by atoms with Gasteiger partial charge < -0.3 is 51.0 Å². The van der Waals surface area contributed by atoms with Crippen LogP contribution >= 0.6 is 0 Å². The van der Waals surface area contributed by atoms with Gasteiger partial charge in [0.25, 0.3) is 10.9 Å². The van der Waals surface area contributed by atoms with Gasteiger partial charge in [0.05, 0.1) is 18.4 Å². The molecule has 2 aromatic heterocycles. The highest BCUT2D eigenvalue weighted by Crippen LogP contribution is 2.36. The van der Waals surface area contributed by atoms with E-state index >= 15 is 0 Å². The zero-order valence-electron chi connectivity index (χ0n) is 30.5. The standard InChI is InChI=1S/C39H46N10O6/c1-47-14-12-24(18-47)42-30-31(36(55)35(30)54)43-25-13-15-48(19-25)39-45-37(40-17-26(22-8-4-2-5-9-22)23-10-6-3-7-11-23)32-38(46-39)49(21-41-32)28-16-27(33(52)34(28)53)44-29(51)20-50/h2-11,21,24-28,33-34,42-43,50,52-53H,12-20H2,1H3,(H,44,51)(H,40,45,46)/t24-,25-,27+,28-,33-,34+/m1/s1. The Bertz CT molecular complexity index is 2170. The SMILES string of the molecule is CN1CC[C@@H](Nc2c(N[C@@H]3CCN(c4nc(NCC(c5ccccc5)c5ccccc5)c5ncn([C@@H]6C[C@H](NC(=O)CO)[C@@H](O)[C@H]6O)c5n4)C3)c(=O)c2=O)C1. The van der Waals surface area contributed by atoms with Gasteiger partial charge >= 0.3 is 0 Å². The molecule has 0 unspecified atom stereocenters. The van der Waals surface area contributed by atoms with Crippen LogP contribution in [0.5, 0.6) is 0 Å². The number of carbonyl (C=O) groups excluding carboxylic acids is 1. The summed E-state index contributed by atoms with van der Waals surface area (Å²) in [7, 11) is 2.03. The lowest BCUT2D eigenvalue weighted by Crippen LogP contribution is -2.44. The maximum absolute atomic E-state index is 12.7. The van der Waals surface area contributed by atoms with Crippen LogP contribution in [0.2, 0.25) is 0 Å². The molecular weight excluding hydrogens is 704 g/mol. The first-order valence-corrected chi connectivity index (χ1v) is 18.8. The molecule has 2 aliphatic heterocycles. The molecule has 6 atom stereocenters. The Kier molecular flexibility index (Phi) is 10.2. The number of aliphatic hydroxyl groups is 3. The molecule has 1 amide bonds. The third-order valence-electron chi connectivity index (χ3n) is 11.3. The van der Waals surface area contributed by atoms with Crippen molar-refractivity contribution in [3.05, 3.63) is 98.6 Å². The van der Waals surface area contributed by atoms with E-state index in [2.05, 4.69) is 50.4 Å². The maximum Gasteiger partial charge on any atom is 0.253 e. The third-order valence-corrected chi connectivity index (χ3v) is 11.3. The van der Waals surface area contributed by atoms with E-state index in [1.807, 2.05) is 48.3 Å². The topological polar surface area (TPSA) is 210 Å². The fourth-order valence-electron chi connectivity index (χ4n) is 8.28. The summed E-state index contributed by atoms with van der Waals surface area (Å²) >= 11 is 0. The molecule has 2 saturated heterocycles. The van der Waals surface area contributed by atoms with Crippen molar-refractivity contribution in [3.63, 3.8) is 0 Å². The molecule has 7 N–H and O–H groups in total. The van der Waals surface area contributed by atoms with Crippen molar-refractivity contribution >= 4 is 40.2 Å². The number of nitrogens with one attached hydrogen (secondary N) is 4. The number of aliphatic hydroxyl groups excluding tert-OH is 3. The average Bonchev–Trinajstić information content (AvgIpc) is 4.01. The summed E-state index contributed by atoms with van der Waals surface area (Å²) in [5.41, 5.74) is 2.82. The Hall–Kier alpha value is -5.42. The van der Waals surface area contributed by atoms with Crippen LogP contribution in [0.4, 0.5) is 23.1 Å². The van der Waals surface area contributed by atoms with Crippen LogP contribution in [0.1, 0.15) is 42.3 Å². The molecule has 55 heavy (non-hydrogen) atoms. The van der Waals surface area contributed by atoms with Gasteiger partial charge in [0.2, 0.25) is 11.9 Å². The van der Waals surface area contributed by atoms with Crippen molar-refractivity contribution < 1.29 is 20.1 Å². The summed E-state index contributed by atoms with van der Waals surface area (Å²) in [6.45, 7) is 2.50. The highest BCUT2D eigenvalue weighted by molar-refractivity contribution is 5.85. The van der Waals surface area contributed by atoms with Gasteiger partial charge in [-0.3, -0.25) is 14.4 Å². The number of nitrogens with zero attached hydrogens (tertiary/aromatic N) is 6. The lowest BCUT2D eigenvalue weighted by Gasteiger charge is -2.23. The fraction of sp³-hybridized carbons (Fsp3) is 0.436. The number of imidazole rings is 1. The van der Waals surface area contributed by atoms with E-state index in [-0.39, 0.29) is 24.4 Å². The molecular formula is C39H46N10O6. The molecule has 16 nitrogen and oxygen atoms in total. The van der Waals surface area contributed by atoms with Crippen LogP contribution in [0.15, 0.2) is 76.6 Å². The second-order valence-corrected chi connectivity index (χ2v) is 14.9. The lowest BCUT2D eigenvalue weighted by atomic mass is 9.91. The van der Waals surface area contributed by atoms with Gasteiger partial charge in [0.15, 0.2) is 17.0 Å². The van der Waals surface area contributed by atoms with E-state index < -0.39 is 47.7 Å². The molecule has 0 spiro atoms. The smallest absolute Gasteiger partial charge is 0.253 e. The number of hydrogen-bond donors (Lipinski definition) is 7. The van der Waals surface area contributed by atoms with Gasteiger partial charge in [-0.1, -0.05) is 60.7 Å². The Balaban J connectivity index is 1.09. The minimum atomic E-state index is -1.27. The highest BCUT2D eigenvalue weighted by Gasteiger charge is 2.44. The summed E-state index contributed by atoms with van der Waals surface area (Å²) in [4.78, 5) is 56.1. The van der Waals surface area contributed by atoms with E-state index in [0.717, 1.165) is 30.6 Å². The molecule has 16 heteroatoms. The quantitative estimate of drug-likeness (QED) is 0.0824. The zero-order chi connectivity index (χ0) is 38.2. The van der Waals surface area contributed by atoms with Gasteiger partial charge in [-0.05, 0) is 44.0 Å². The number of rotatable bonds is 13. The number of benzene rings is 2. The minimum absolute atomic E-state index is 0.0237. The van der Waals surface area contributed by atoms with Crippen LogP contribution in [-0.4, -0.2) is 122 Å². The van der Waals surface area contributed by atoms with Crippen LogP contribution in [0.25, 0.3) is 11.2 Å². The molecule has 5 aromatic rings. The average molecular weight is 751 g/mol. The van der Waals surface area contributed by atoms with Crippen LogP contribution in [0.3, 0.4) is 0 Å². The van der Waals surface area contributed by atoms with Crippen LogP contribution in [-0.2, 0) is 4.79 Å². The summed E-state index contributed by atoms with van der Waals surface area (Å²) in [6.07, 6.45) is 0.775. The highest BCUT2D eigenvalue weighted by atomic mass is 16.3. The second-order valence-electron chi connectivity index (χ2n) is 14.9. The first kappa shape index (κ1) is 36.6. The fourth-order valence-corrected chi connectivity index (χ4v) is 8.28. The Morgan fingerprint density at radius 3 is 2.13 bits per heavy atom. The lowest BCUT2D eigenvalue weighted by molar-refractivity contribution is -0.125. The Labute approximate surface area is 316 Å². The molecule has 0 bridgehead atoms. The molecule has 1 saturated carbocycles. The molecule has 0 radical (unpaired) electrons. The monoisotopic (exact) mass is 750 g/mol. The number of fused-ring (bicyclic) bond motifs is 1. The second kappa shape index (κ2) is 15.4. The predicted octanol–water partition coefficient (Wildman–Crippen LogP) is 0.617. The Morgan fingerprint density at radius 2 is 1.51 bits per heavy atom. The largest absolute Gasteiger partial charge is 0.388 e. The summed E-state index contributed by atoms with van der Waals surface area (Å²) in [5, 5.41) is 44.1. The van der Waals surface area contributed by atoms with Gasteiger partial charge in [-0.25, -0.2) is 4.98 Å². The number of amides is 1. The summed E-state index contributed by atoms with van der Waals surface area (Å²) in [6, 6.07) is 18.9. The van der Waals surface area contributed by atoms with Crippen molar-refractivity contribution in [2.45, 2.75) is 61.6 Å². The zero-order valence-corrected chi connectivity index (χ0v) is 30.5. The van der Waals surface area contributed by atoms with Crippen molar-refractivity contribution in [1.82, 2.24) is 29.7 Å². The Morgan fingerprint density at radius 1 is 0.873 bits per heavy atom. The third kappa shape index (κ3) is 7.25. The van der Waals surface area contributed by atoms with Crippen molar-refractivity contribution in [3.8, 4) is 0 Å². The molecule has 3 aromatic carbocycles. The first-order valence-electron chi connectivity index (χ1n) is 18.8. The predicted molar refractivity (Wildman–Crippen MR) is 208 cm³/mol. The molecule has 1 aliphatic carbocycles. The van der Waals surface area contributed by atoms with Crippen LogP contribution in [0, 0.1) is 0 Å². The molecule has 288 valence electrons. The molecule has 3 fully saturated rings. The number of anilines is 4.